The molecule has 5 heteroatoms. The first-order valence-corrected chi connectivity index (χ1v) is 10.2. The van der Waals surface area contributed by atoms with E-state index in [4.69, 9.17) is 11.6 Å². The van der Waals surface area contributed by atoms with Gasteiger partial charge in [0, 0.05) is 28.5 Å². The molecule has 0 aliphatic heterocycles. The summed E-state index contributed by atoms with van der Waals surface area (Å²) in [6, 6.07) is 18.0. The van der Waals surface area contributed by atoms with Gasteiger partial charge in [0.05, 0.1) is 6.61 Å². The van der Waals surface area contributed by atoms with E-state index in [1.165, 1.54) is 5.56 Å². The second-order valence-electron chi connectivity index (χ2n) is 7.57. The van der Waals surface area contributed by atoms with Crippen molar-refractivity contribution in [1.82, 2.24) is 5.32 Å². The third kappa shape index (κ3) is 5.81. The molecule has 0 unspecified atom stereocenters. The van der Waals surface area contributed by atoms with E-state index in [-0.39, 0.29) is 30.2 Å². The average molecular weight is 422 g/mol. The summed E-state index contributed by atoms with van der Waals surface area (Å²) >= 11 is 5.86. The maximum absolute atomic E-state index is 12.2. The number of carbonyl (C=O) groups excluding carboxylic acids is 1. The number of nitrogens with one attached hydrogen (secondary N) is 1. The van der Waals surface area contributed by atoms with Gasteiger partial charge in [0.25, 0.3) is 0 Å². The summed E-state index contributed by atoms with van der Waals surface area (Å²) in [7, 11) is 0. The van der Waals surface area contributed by atoms with Gasteiger partial charge in [-0.1, -0.05) is 41.9 Å². The van der Waals surface area contributed by atoms with E-state index in [0.717, 1.165) is 44.2 Å². The molecule has 1 fully saturated rings. The van der Waals surface area contributed by atoms with E-state index < -0.39 is 0 Å². The van der Waals surface area contributed by atoms with E-state index in [1.807, 2.05) is 6.07 Å². The van der Waals surface area contributed by atoms with Crippen LogP contribution >= 0.6 is 24.0 Å². The number of aliphatic hydroxyl groups is 1. The standard InChI is InChI=1S/C23H28ClNO2.ClH/c24-20-10-8-18(9-11-20)22(27)7-4-16-25-21-12-14-23(17-26,15-13-21)19-5-2-1-3-6-19;/h1-3,5-6,8-11,21,25-26H,4,7,12-17H2;1H. The highest BCUT2D eigenvalue weighted by Crippen LogP contribution is 2.39. The molecule has 0 amide bonds. The van der Waals surface area contributed by atoms with Crippen molar-refractivity contribution < 1.29 is 9.90 Å². The first-order chi connectivity index (χ1) is 13.1. The van der Waals surface area contributed by atoms with Gasteiger partial charge in [0.15, 0.2) is 5.78 Å². The molecule has 0 spiro atoms. The Morgan fingerprint density at radius 3 is 2.32 bits per heavy atom. The number of Topliss-reactive ketones (excluding diaryl/α,β-unsaturated/α-hetero) is 1. The molecule has 1 aliphatic rings. The maximum Gasteiger partial charge on any atom is 0.162 e. The van der Waals surface area contributed by atoms with Crippen molar-refractivity contribution in [3.8, 4) is 0 Å². The first-order valence-electron chi connectivity index (χ1n) is 9.81. The molecule has 3 rings (SSSR count). The van der Waals surface area contributed by atoms with Crippen LogP contribution in [0.2, 0.25) is 5.02 Å². The molecule has 1 aliphatic carbocycles. The van der Waals surface area contributed by atoms with Crippen LogP contribution in [-0.2, 0) is 5.41 Å². The van der Waals surface area contributed by atoms with Crippen molar-refractivity contribution in [2.24, 2.45) is 0 Å². The zero-order chi connectivity index (χ0) is 19.1. The lowest BCUT2D eigenvalue weighted by molar-refractivity contribution is 0.0978. The van der Waals surface area contributed by atoms with Crippen LogP contribution in [0.25, 0.3) is 0 Å². The monoisotopic (exact) mass is 421 g/mol. The van der Waals surface area contributed by atoms with Gasteiger partial charge in [-0.05, 0) is 68.5 Å². The summed E-state index contributed by atoms with van der Waals surface area (Å²) in [4.78, 5) is 12.2. The van der Waals surface area contributed by atoms with E-state index >= 15 is 0 Å². The van der Waals surface area contributed by atoms with Gasteiger partial charge in [0.2, 0.25) is 0 Å². The highest BCUT2D eigenvalue weighted by molar-refractivity contribution is 6.30. The average Bonchev–Trinajstić information content (AvgIpc) is 2.73. The number of halogens is 2. The lowest BCUT2D eigenvalue weighted by Crippen LogP contribution is -2.42. The van der Waals surface area contributed by atoms with Gasteiger partial charge < -0.3 is 10.4 Å². The highest BCUT2D eigenvalue weighted by atomic mass is 35.5. The highest BCUT2D eigenvalue weighted by Gasteiger charge is 2.36. The Morgan fingerprint density at radius 1 is 1.07 bits per heavy atom. The van der Waals surface area contributed by atoms with Crippen molar-refractivity contribution in [2.45, 2.75) is 50.0 Å². The van der Waals surface area contributed by atoms with Crippen LogP contribution in [-0.4, -0.2) is 30.1 Å². The molecule has 28 heavy (non-hydrogen) atoms. The normalized spacial score (nSPS) is 21.7. The molecule has 0 heterocycles. The van der Waals surface area contributed by atoms with Gasteiger partial charge >= 0.3 is 0 Å². The molecule has 0 saturated heterocycles. The Morgan fingerprint density at radius 2 is 1.71 bits per heavy atom. The summed E-state index contributed by atoms with van der Waals surface area (Å²) in [6.45, 7) is 1.06. The lowest BCUT2D eigenvalue weighted by atomic mass is 9.69. The quantitative estimate of drug-likeness (QED) is 0.455. The molecule has 0 atom stereocenters. The second kappa shape index (κ2) is 11.0. The van der Waals surface area contributed by atoms with Gasteiger partial charge in [-0.2, -0.15) is 0 Å². The Hall–Kier alpha value is -1.39. The molecular formula is C23H29Cl2NO2. The fourth-order valence-corrected chi connectivity index (χ4v) is 4.17. The minimum atomic E-state index is -0.0933. The van der Waals surface area contributed by atoms with Crippen molar-refractivity contribution in [3.63, 3.8) is 0 Å². The third-order valence-electron chi connectivity index (χ3n) is 5.81. The molecule has 0 aromatic heterocycles. The maximum atomic E-state index is 12.2. The summed E-state index contributed by atoms with van der Waals surface area (Å²) in [5, 5.41) is 14.3. The van der Waals surface area contributed by atoms with E-state index in [0.29, 0.717) is 17.5 Å². The van der Waals surface area contributed by atoms with Gasteiger partial charge in [-0.25, -0.2) is 0 Å². The molecule has 1 saturated carbocycles. The zero-order valence-corrected chi connectivity index (χ0v) is 17.6. The molecule has 2 N–H and O–H groups in total. The SMILES string of the molecule is Cl.O=C(CCCNC1CCC(CO)(c2ccccc2)CC1)c1ccc(Cl)cc1. The van der Waals surface area contributed by atoms with Crippen molar-refractivity contribution >= 4 is 29.8 Å². The number of hydrogen-bond donors (Lipinski definition) is 2. The van der Waals surface area contributed by atoms with Gasteiger partial charge in [-0.15, -0.1) is 12.4 Å². The van der Waals surface area contributed by atoms with Crippen LogP contribution in [0.5, 0.6) is 0 Å². The van der Waals surface area contributed by atoms with E-state index in [9.17, 15) is 9.90 Å². The Kier molecular flexibility index (Phi) is 8.97. The largest absolute Gasteiger partial charge is 0.395 e. The van der Waals surface area contributed by atoms with Crippen molar-refractivity contribution in [3.05, 3.63) is 70.7 Å². The van der Waals surface area contributed by atoms with E-state index in [2.05, 4.69) is 29.6 Å². The summed E-state index contributed by atoms with van der Waals surface area (Å²) in [5.41, 5.74) is 1.89. The Labute approximate surface area is 178 Å². The Bertz CT molecular complexity index is 726. The predicted molar refractivity (Wildman–Crippen MR) is 118 cm³/mol. The van der Waals surface area contributed by atoms with Gasteiger partial charge in [0.1, 0.15) is 0 Å². The van der Waals surface area contributed by atoms with Crippen LogP contribution in [0.4, 0.5) is 0 Å². The van der Waals surface area contributed by atoms with Gasteiger partial charge in [-0.3, -0.25) is 4.79 Å². The predicted octanol–water partition coefficient (Wildman–Crippen LogP) is 5.19. The number of aliphatic hydroxyl groups excluding tert-OH is 1. The molecule has 2 aromatic rings. The second-order valence-corrected chi connectivity index (χ2v) is 8.00. The topological polar surface area (TPSA) is 49.3 Å². The smallest absolute Gasteiger partial charge is 0.162 e. The molecule has 2 aromatic carbocycles. The fraction of sp³-hybridized carbons (Fsp3) is 0.435. The number of rotatable bonds is 8. The molecule has 152 valence electrons. The minimum Gasteiger partial charge on any atom is -0.395 e. The number of ketones is 1. The van der Waals surface area contributed by atoms with E-state index in [1.54, 1.807) is 24.3 Å². The number of carbonyl (C=O) groups is 1. The van der Waals surface area contributed by atoms with Crippen LogP contribution in [0, 0.1) is 0 Å². The fourth-order valence-electron chi connectivity index (χ4n) is 4.04. The van der Waals surface area contributed by atoms with Crippen molar-refractivity contribution in [1.29, 1.82) is 0 Å². The molecule has 0 bridgehead atoms. The first kappa shape index (κ1) is 22.9. The third-order valence-corrected chi connectivity index (χ3v) is 6.06. The number of benzene rings is 2. The minimum absolute atomic E-state index is 0. The van der Waals surface area contributed by atoms with Crippen LogP contribution in [0.3, 0.4) is 0 Å². The Balaban J connectivity index is 0.00000280. The van der Waals surface area contributed by atoms with Crippen LogP contribution in [0.1, 0.15) is 54.4 Å². The van der Waals surface area contributed by atoms with Crippen LogP contribution in [0.15, 0.2) is 54.6 Å². The molecule has 0 radical (unpaired) electrons. The van der Waals surface area contributed by atoms with Crippen molar-refractivity contribution in [2.75, 3.05) is 13.2 Å². The summed E-state index contributed by atoms with van der Waals surface area (Å²) in [5.74, 6) is 0.167. The number of hydrogen-bond acceptors (Lipinski definition) is 3. The summed E-state index contributed by atoms with van der Waals surface area (Å²) < 4.78 is 0. The van der Waals surface area contributed by atoms with Crippen LogP contribution < -0.4 is 5.32 Å². The molecular weight excluding hydrogens is 393 g/mol. The zero-order valence-electron chi connectivity index (χ0n) is 16.1. The molecule has 3 nitrogen and oxygen atoms in total. The lowest BCUT2D eigenvalue weighted by Gasteiger charge is -2.39. The summed E-state index contributed by atoms with van der Waals surface area (Å²) in [6.07, 6.45) is 5.48.